The molecule has 0 N–H and O–H groups in total. The molecule has 0 spiro atoms. The summed E-state index contributed by atoms with van der Waals surface area (Å²) in [6.45, 7) is 28.5. The number of rotatable bonds is 3. The smallest absolute Gasteiger partial charge is 0.0379 e. The minimum absolute atomic E-state index is 0. The molecule has 0 heteroatoms. The molecule has 0 aliphatic heterocycles. The van der Waals surface area contributed by atoms with Gasteiger partial charge in [0.05, 0.1) is 0 Å². The quantitative estimate of drug-likeness (QED) is 0.434. The van der Waals surface area contributed by atoms with Crippen molar-refractivity contribution >= 4 is 0 Å². The molecule has 0 aromatic rings. The Hall–Kier alpha value is -1.56. The van der Waals surface area contributed by atoms with Gasteiger partial charge in [0.15, 0.2) is 0 Å². The topological polar surface area (TPSA) is 0 Å². The van der Waals surface area contributed by atoms with E-state index in [1.54, 1.807) is 6.08 Å². The number of hydrogen-bond donors (Lipinski definition) is 0. The van der Waals surface area contributed by atoms with Crippen molar-refractivity contribution in [1.29, 1.82) is 0 Å². The Morgan fingerprint density at radius 2 is 0.692 bits per heavy atom. The second kappa shape index (κ2) is 108. The summed E-state index contributed by atoms with van der Waals surface area (Å²) in [5, 5.41) is 0. The van der Waals surface area contributed by atoms with Gasteiger partial charge in [0.2, 0.25) is 0 Å². The first-order valence-electron chi connectivity index (χ1n) is 9.03. The number of allylic oxidation sites excluding steroid dienone is 9. The summed E-state index contributed by atoms with van der Waals surface area (Å²) < 4.78 is 0. The summed E-state index contributed by atoms with van der Waals surface area (Å²) in [5.41, 5.74) is 0. The Morgan fingerprint density at radius 1 is 0.500 bits per heavy atom. The van der Waals surface area contributed by atoms with Crippen LogP contribution in [0.3, 0.4) is 0 Å². The van der Waals surface area contributed by atoms with Crippen molar-refractivity contribution in [2.75, 3.05) is 0 Å². The Bertz CT molecular complexity index is 213. The van der Waals surface area contributed by atoms with Crippen molar-refractivity contribution in [3.05, 3.63) is 74.4 Å². The third kappa shape index (κ3) is 523. The lowest BCUT2D eigenvalue weighted by Crippen LogP contribution is -1.43. The predicted octanol–water partition coefficient (Wildman–Crippen LogP) is 10.8. The van der Waals surface area contributed by atoms with E-state index in [1.807, 2.05) is 78.0 Å². The van der Waals surface area contributed by atoms with Gasteiger partial charge >= 0.3 is 0 Å². The van der Waals surface area contributed by atoms with Crippen molar-refractivity contribution in [1.82, 2.24) is 0 Å². The largest absolute Gasteiger partial charge is 0.103 e. The van der Waals surface area contributed by atoms with Crippen molar-refractivity contribution in [2.24, 2.45) is 0 Å². The molecule has 0 fully saturated rings. The van der Waals surface area contributed by atoms with Gasteiger partial charge in [-0.05, 0) is 60.8 Å². The lowest BCUT2D eigenvalue weighted by atomic mass is 10.4. The average molecular weight is 369 g/mol. The maximum atomic E-state index is 3.48. The molecule has 0 aromatic heterocycles. The SMILES string of the molecule is C.C.C/C=C/C.C/C=C/C.C/C=C/CC.C=CC.C=CCC.C=CCC. The van der Waals surface area contributed by atoms with E-state index in [4.69, 9.17) is 0 Å². The second-order valence-electron chi connectivity index (χ2n) is 4.11. The summed E-state index contributed by atoms with van der Waals surface area (Å²) in [5.74, 6) is 0. The highest BCUT2D eigenvalue weighted by atomic mass is 13.6. The van der Waals surface area contributed by atoms with Gasteiger partial charge in [0, 0.05) is 0 Å². The van der Waals surface area contributed by atoms with Crippen LogP contribution >= 0.6 is 0 Å². The van der Waals surface area contributed by atoms with E-state index < -0.39 is 0 Å². The maximum Gasteiger partial charge on any atom is -0.0379 e. The predicted molar refractivity (Wildman–Crippen MR) is 136 cm³/mol. The molecule has 0 bridgehead atoms. The lowest BCUT2D eigenvalue weighted by Gasteiger charge is -1.65. The van der Waals surface area contributed by atoms with Crippen molar-refractivity contribution in [3.8, 4) is 0 Å². The fourth-order valence-corrected chi connectivity index (χ4v) is 0.236. The normalized spacial score (nSPS) is 7.27. The van der Waals surface area contributed by atoms with Gasteiger partial charge in [0.1, 0.15) is 0 Å². The Morgan fingerprint density at radius 3 is 0.692 bits per heavy atom. The Kier molecular flexibility index (Phi) is 207. The monoisotopic (exact) mass is 368 g/mol. The molecule has 0 aliphatic rings. The van der Waals surface area contributed by atoms with E-state index in [0.717, 1.165) is 19.3 Å². The third-order valence-corrected chi connectivity index (χ3v) is 1.72. The van der Waals surface area contributed by atoms with Crippen LogP contribution in [0, 0.1) is 0 Å². The number of hydrogen-bond acceptors (Lipinski definition) is 0. The Balaban J connectivity index is -0.0000000247. The van der Waals surface area contributed by atoms with E-state index in [0.29, 0.717) is 0 Å². The van der Waals surface area contributed by atoms with Crippen LogP contribution in [-0.4, -0.2) is 0 Å². The summed E-state index contributed by atoms with van der Waals surface area (Å²) in [6.07, 6.45) is 21.0. The summed E-state index contributed by atoms with van der Waals surface area (Å²) in [6, 6.07) is 0. The van der Waals surface area contributed by atoms with Gasteiger partial charge in [-0.2, -0.15) is 0 Å². The van der Waals surface area contributed by atoms with Gasteiger partial charge < -0.3 is 0 Å². The molecule has 0 aliphatic carbocycles. The van der Waals surface area contributed by atoms with Crippen LogP contribution in [0.25, 0.3) is 0 Å². The standard InChI is InChI=1S/C5H10.4C4H8.C3H6.2CH4/c1-3-5-4-2;4*1-3-4-2;1-3-2;;/h3,5H,4H2,1-2H3;2*3-4H,1-2H3;2*3H,1,4H2,2H3;3H,1H2,2H3;2*1H4/b5-3+;2*4-3+;;;;;. The molecule has 0 saturated heterocycles. The zero-order chi connectivity index (χ0) is 20.5. The molecule has 26 heavy (non-hydrogen) atoms. The molecular formula is C26H56. The van der Waals surface area contributed by atoms with Gasteiger partial charge in [-0.15, -0.1) is 19.7 Å². The molecule has 0 rings (SSSR count). The summed E-state index contributed by atoms with van der Waals surface area (Å²) in [4.78, 5) is 0. The van der Waals surface area contributed by atoms with Crippen LogP contribution in [0.2, 0.25) is 0 Å². The molecule has 0 atom stereocenters. The minimum Gasteiger partial charge on any atom is -0.103 e. The summed E-state index contributed by atoms with van der Waals surface area (Å²) >= 11 is 0. The van der Waals surface area contributed by atoms with Crippen molar-refractivity contribution in [2.45, 2.75) is 96.4 Å². The van der Waals surface area contributed by atoms with E-state index in [9.17, 15) is 0 Å². The first-order chi connectivity index (χ1) is 11.5. The highest BCUT2D eigenvalue weighted by Gasteiger charge is 1.52. The first kappa shape index (κ1) is 49.7. The highest BCUT2D eigenvalue weighted by molar-refractivity contribution is 4.73. The molecule has 0 unspecified atom stereocenters. The van der Waals surface area contributed by atoms with Crippen LogP contribution in [0.4, 0.5) is 0 Å². The van der Waals surface area contributed by atoms with Crippen molar-refractivity contribution in [3.63, 3.8) is 0 Å². The molecule has 160 valence electrons. The molecule has 0 heterocycles. The van der Waals surface area contributed by atoms with Crippen LogP contribution in [0.1, 0.15) is 96.4 Å². The van der Waals surface area contributed by atoms with Crippen LogP contribution in [0.5, 0.6) is 0 Å². The molecule has 0 nitrogen and oxygen atoms in total. The first-order valence-corrected chi connectivity index (χ1v) is 9.03. The molecule has 0 saturated carbocycles. The molecule has 0 aromatic carbocycles. The van der Waals surface area contributed by atoms with Crippen molar-refractivity contribution < 1.29 is 0 Å². The zero-order valence-electron chi connectivity index (χ0n) is 18.4. The zero-order valence-corrected chi connectivity index (χ0v) is 18.4. The molecule has 0 radical (unpaired) electrons. The molecule has 0 amide bonds. The van der Waals surface area contributed by atoms with E-state index >= 15 is 0 Å². The summed E-state index contributed by atoms with van der Waals surface area (Å²) in [7, 11) is 0. The van der Waals surface area contributed by atoms with Crippen LogP contribution in [0.15, 0.2) is 74.4 Å². The van der Waals surface area contributed by atoms with E-state index in [-0.39, 0.29) is 14.9 Å². The van der Waals surface area contributed by atoms with E-state index in [2.05, 4.69) is 52.7 Å². The second-order valence-corrected chi connectivity index (χ2v) is 4.11. The maximum absolute atomic E-state index is 3.48. The minimum atomic E-state index is 0. The Labute approximate surface area is 171 Å². The average Bonchev–Trinajstić information content (AvgIpc) is 2.63. The highest BCUT2D eigenvalue weighted by Crippen LogP contribution is 1.73. The van der Waals surface area contributed by atoms with Gasteiger partial charge in [0.25, 0.3) is 0 Å². The third-order valence-electron chi connectivity index (χ3n) is 1.72. The fraction of sp³-hybridized carbons (Fsp3) is 0.538. The molecular weight excluding hydrogens is 312 g/mol. The van der Waals surface area contributed by atoms with Gasteiger partial charge in [-0.1, -0.05) is 90.3 Å². The lowest BCUT2D eigenvalue weighted by molar-refractivity contribution is 1.22. The van der Waals surface area contributed by atoms with Crippen LogP contribution < -0.4 is 0 Å². The van der Waals surface area contributed by atoms with Gasteiger partial charge in [-0.25, -0.2) is 0 Å². The van der Waals surface area contributed by atoms with Crippen LogP contribution in [-0.2, 0) is 0 Å². The fourth-order valence-electron chi connectivity index (χ4n) is 0.236. The van der Waals surface area contributed by atoms with E-state index in [1.165, 1.54) is 0 Å². The van der Waals surface area contributed by atoms with Gasteiger partial charge in [-0.3, -0.25) is 0 Å².